The number of amides is 3. The second kappa shape index (κ2) is 17.0. The summed E-state index contributed by atoms with van der Waals surface area (Å²) in [5, 5.41) is 16.9. The third-order valence-corrected chi connectivity index (χ3v) is 8.23. The summed E-state index contributed by atoms with van der Waals surface area (Å²) in [6.07, 6.45) is 4.61. The van der Waals surface area contributed by atoms with Crippen LogP contribution in [0.5, 0.6) is 0 Å². The highest BCUT2D eigenvalue weighted by Gasteiger charge is 2.44. The van der Waals surface area contributed by atoms with E-state index >= 15 is 0 Å². The van der Waals surface area contributed by atoms with Crippen LogP contribution in [0.2, 0.25) is 5.02 Å². The maximum absolute atomic E-state index is 13.6. The number of ether oxygens (including phenoxy) is 2. The molecule has 3 atom stereocenters. The number of esters is 1. The first-order chi connectivity index (χ1) is 21.0. The van der Waals surface area contributed by atoms with Crippen molar-refractivity contribution >= 4 is 35.5 Å². The molecule has 3 N–H and O–H groups in total. The summed E-state index contributed by atoms with van der Waals surface area (Å²) in [4.78, 5) is 53.8. The molecule has 0 aromatic heterocycles. The molecule has 44 heavy (non-hydrogen) atoms. The number of carbonyl (C=O) groups is 4. The maximum atomic E-state index is 13.6. The van der Waals surface area contributed by atoms with Crippen LogP contribution >= 0.6 is 11.6 Å². The second-order valence-corrected chi connectivity index (χ2v) is 12.0. The molecule has 1 fully saturated rings. The van der Waals surface area contributed by atoms with Crippen LogP contribution in [-0.2, 0) is 36.9 Å². The first-order valence-electron chi connectivity index (χ1n) is 15.1. The lowest BCUT2D eigenvalue weighted by Gasteiger charge is -2.32. The number of likely N-dealkylation sites (N-methyl/N-ethyl adjacent to an activating group) is 1. The van der Waals surface area contributed by atoms with Crippen molar-refractivity contribution in [3.63, 3.8) is 0 Å². The number of benzene rings is 2. The third-order valence-electron chi connectivity index (χ3n) is 7.99. The second-order valence-electron chi connectivity index (χ2n) is 11.6. The number of hydrogen-bond donors (Lipinski definition) is 3. The van der Waals surface area contributed by atoms with Gasteiger partial charge < -0.3 is 30.1 Å². The van der Waals surface area contributed by atoms with Crippen LogP contribution in [0.25, 0.3) is 0 Å². The average Bonchev–Trinajstić information content (AvgIpc) is 3.02. The van der Waals surface area contributed by atoms with Gasteiger partial charge in [-0.05, 0) is 42.0 Å². The van der Waals surface area contributed by atoms with Crippen molar-refractivity contribution in [1.29, 1.82) is 0 Å². The molecule has 1 aliphatic rings. The molecular formula is C33H44ClN3O7. The number of methoxy groups -OCH3 is 1. The molecule has 0 heterocycles. The monoisotopic (exact) mass is 629 g/mol. The van der Waals surface area contributed by atoms with Gasteiger partial charge in [-0.25, -0.2) is 9.59 Å². The van der Waals surface area contributed by atoms with Gasteiger partial charge in [-0.2, -0.15) is 0 Å². The Balaban J connectivity index is 1.68. The molecule has 240 valence electrons. The van der Waals surface area contributed by atoms with Crippen molar-refractivity contribution in [2.24, 2.45) is 11.8 Å². The van der Waals surface area contributed by atoms with Crippen LogP contribution in [0.3, 0.4) is 0 Å². The van der Waals surface area contributed by atoms with Crippen LogP contribution in [0, 0.1) is 11.8 Å². The number of nitrogens with zero attached hydrogens (tertiary/aromatic N) is 1. The first-order valence-corrected chi connectivity index (χ1v) is 15.5. The number of halogens is 1. The van der Waals surface area contributed by atoms with Crippen molar-refractivity contribution in [3.8, 4) is 0 Å². The third kappa shape index (κ3) is 10.8. The van der Waals surface area contributed by atoms with Crippen molar-refractivity contribution in [2.45, 2.75) is 76.7 Å². The zero-order chi connectivity index (χ0) is 32.1. The van der Waals surface area contributed by atoms with E-state index in [-0.39, 0.29) is 18.4 Å². The van der Waals surface area contributed by atoms with Gasteiger partial charge in [0, 0.05) is 31.0 Å². The van der Waals surface area contributed by atoms with Gasteiger partial charge in [0.15, 0.2) is 0 Å². The molecule has 0 saturated heterocycles. The SMILES string of the molecule is COC(=O)C(O)(CC(C)C(=O)N(C)CCc1ccccc1)NC(=O)[C@H](CC1CCCCC1)NC(=O)OCc1cccc(Cl)c1. The fourth-order valence-corrected chi connectivity index (χ4v) is 5.76. The highest BCUT2D eigenvalue weighted by Crippen LogP contribution is 2.28. The average molecular weight is 630 g/mol. The lowest BCUT2D eigenvalue weighted by Crippen LogP contribution is -2.61. The Hall–Kier alpha value is -3.63. The Labute approximate surface area is 264 Å². The van der Waals surface area contributed by atoms with Gasteiger partial charge in [0.1, 0.15) is 12.6 Å². The van der Waals surface area contributed by atoms with Crippen LogP contribution in [0.15, 0.2) is 54.6 Å². The van der Waals surface area contributed by atoms with Crippen LogP contribution in [0.4, 0.5) is 4.79 Å². The fourth-order valence-electron chi connectivity index (χ4n) is 5.55. The molecule has 2 aromatic rings. The number of hydrogen-bond acceptors (Lipinski definition) is 7. The minimum Gasteiger partial charge on any atom is -0.465 e. The van der Waals surface area contributed by atoms with Gasteiger partial charge in [-0.3, -0.25) is 9.59 Å². The number of nitrogens with one attached hydrogen (secondary N) is 2. The molecule has 1 aliphatic carbocycles. The molecule has 3 amide bonds. The molecular weight excluding hydrogens is 586 g/mol. The zero-order valence-electron chi connectivity index (χ0n) is 25.7. The van der Waals surface area contributed by atoms with Gasteiger partial charge in [-0.15, -0.1) is 0 Å². The predicted octanol–water partition coefficient (Wildman–Crippen LogP) is 4.61. The summed E-state index contributed by atoms with van der Waals surface area (Å²) in [5.74, 6) is -2.87. The predicted molar refractivity (Wildman–Crippen MR) is 166 cm³/mol. The van der Waals surface area contributed by atoms with E-state index in [2.05, 4.69) is 10.6 Å². The van der Waals surface area contributed by atoms with Gasteiger partial charge in [0.25, 0.3) is 0 Å². The van der Waals surface area contributed by atoms with Gasteiger partial charge in [0.2, 0.25) is 17.5 Å². The molecule has 3 rings (SSSR count). The number of alkyl carbamates (subject to hydrolysis) is 1. The van der Waals surface area contributed by atoms with Crippen LogP contribution < -0.4 is 10.6 Å². The van der Waals surface area contributed by atoms with Gasteiger partial charge in [-0.1, -0.05) is 93.1 Å². The summed E-state index contributed by atoms with van der Waals surface area (Å²) < 4.78 is 10.2. The van der Waals surface area contributed by atoms with Crippen molar-refractivity contribution in [1.82, 2.24) is 15.5 Å². The maximum Gasteiger partial charge on any atom is 0.408 e. The van der Waals surface area contributed by atoms with E-state index in [1.165, 1.54) is 4.90 Å². The molecule has 11 heteroatoms. The topological polar surface area (TPSA) is 134 Å². The normalized spacial score (nSPS) is 16.1. The van der Waals surface area contributed by atoms with Crippen molar-refractivity contribution in [3.05, 3.63) is 70.7 Å². The van der Waals surface area contributed by atoms with E-state index in [0.717, 1.165) is 44.8 Å². The molecule has 0 radical (unpaired) electrons. The Morgan fingerprint density at radius 2 is 1.73 bits per heavy atom. The molecule has 0 spiro atoms. The fraction of sp³-hybridized carbons (Fsp3) is 0.515. The molecule has 2 unspecified atom stereocenters. The number of rotatable bonds is 14. The Morgan fingerprint density at radius 1 is 1.05 bits per heavy atom. The Bertz CT molecular complexity index is 1250. The molecule has 0 bridgehead atoms. The Kier molecular flexibility index (Phi) is 13.5. The van der Waals surface area contributed by atoms with Gasteiger partial charge in [0.05, 0.1) is 7.11 Å². The first kappa shape index (κ1) is 34.9. The zero-order valence-corrected chi connectivity index (χ0v) is 26.5. The summed E-state index contributed by atoms with van der Waals surface area (Å²) in [6, 6.07) is 15.5. The minimum atomic E-state index is -2.50. The van der Waals surface area contributed by atoms with Crippen LogP contribution in [0.1, 0.15) is 63.0 Å². The smallest absolute Gasteiger partial charge is 0.408 e. The summed E-state index contributed by atoms with van der Waals surface area (Å²) in [6.45, 7) is 1.95. The summed E-state index contributed by atoms with van der Waals surface area (Å²) in [7, 11) is 2.74. The van der Waals surface area contributed by atoms with E-state index < -0.39 is 42.1 Å². The molecule has 0 aliphatic heterocycles. The van der Waals surface area contributed by atoms with E-state index in [9.17, 15) is 24.3 Å². The molecule has 1 saturated carbocycles. The van der Waals surface area contributed by atoms with E-state index in [4.69, 9.17) is 21.1 Å². The van der Waals surface area contributed by atoms with E-state index in [1.807, 2.05) is 30.3 Å². The summed E-state index contributed by atoms with van der Waals surface area (Å²) >= 11 is 6.01. The Morgan fingerprint density at radius 3 is 2.39 bits per heavy atom. The van der Waals surface area contributed by atoms with E-state index in [0.29, 0.717) is 30.0 Å². The minimum absolute atomic E-state index is 0.0618. The highest BCUT2D eigenvalue weighted by molar-refractivity contribution is 6.30. The van der Waals surface area contributed by atoms with Crippen molar-refractivity contribution in [2.75, 3.05) is 20.7 Å². The lowest BCUT2D eigenvalue weighted by atomic mass is 9.84. The quantitative estimate of drug-likeness (QED) is 0.205. The standard InChI is InChI=1S/C33H44ClN3O7/c1-23(30(39)37(2)18-17-24-11-6-4-7-12-24)21-33(42,31(40)43-3)36-29(38)28(20-25-13-8-5-9-14-25)35-32(41)44-22-26-15-10-16-27(34)19-26/h4,6-7,10-12,15-16,19,23,25,28,42H,5,8-9,13-14,17-18,20-22H2,1-3H3,(H,35,41)(H,36,38)/t23?,28-,33?/m0/s1. The number of aliphatic hydroxyl groups is 1. The highest BCUT2D eigenvalue weighted by atomic mass is 35.5. The largest absolute Gasteiger partial charge is 0.465 e. The van der Waals surface area contributed by atoms with Gasteiger partial charge >= 0.3 is 12.1 Å². The summed E-state index contributed by atoms with van der Waals surface area (Å²) in [5.41, 5.74) is -0.757. The lowest BCUT2D eigenvalue weighted by molar-refractivity contribution is -0.172. The van der Waals surface area contributed by atoms with Crippen molar-refractivity contribution < 1.29 is 33.8 Å². The van der Waals surface area contributed by atoms with E-state index in [1.54, 1.807) is 38.2 Å². The number of carbonyl (C=O) groups excluding carboxylic acids is 4. The van der Waals surface area contributed by atoms with Crippen LogP contribution in [-0.4, -0.2) is 66.4 Å². The molecule has 2 aromatic carbocycles. The molecule has 10 nitrogen and oxygen atoms in total.